The normalized spacial score (nSPS) is 16.9. The molecule has 0 spiro atoms. The summed E-state index contributed by atoms with van der Waals surface area (Å²) in [6, 6.07) is 10.4. The van der Waals surface area contributed by atoms with Gasteiger partial charge in [-0.25, -0.2) is 4.68 Å². The number of nitrogens with zero attached hydrogens (tertiary/aromatic N) is 3. The van der Waals surface area contributed by atoms with Gasteiger partial charge in [0.25, 0.3) is 0 Å². The van der Waals surface area contributed by atoms with Crippen LogP contribution in [0.5, 0.6) is 0 Å². The summed E-state index contributed by atoms with van der Waals surface area (Å²) in [5.41, 5.74) is 1.70. The maximum absolute atomic E-state index is 10.6. The van der Waals surface area contributed by atoms with Gasteiger partial charge in [-0.2, -0.15) is 5.10 Å². The standard InChI is InChI=1S/C21H31N5O/c1-2-22-20(24-17-21(27)12-4-3-5-13-21)23-15-11-18-7-9-19(10-8-18)26-16-6-14-25-26/h6-10,14,16,27H,2-5,11-13,15,17H2,1H3,(H2,22,23,24). The molecule has 3 rings (SSSR count). The second kappa shape index (κ2) is 9.55. The van der Waals surface area contributed by atoms with Gasteiger partial charge in [-0.15, -0.1) is 0 Å². The van der Waals surface area contributed by atoms with Gasteiger partial charge in [-0.05, 0) is 49.9 Å². The Morgan fingerprint density at radius 2 is 1.96 bits per heavy atom. The van der Waals surface area contributed by atoms with E-state index in [1.54, 1.807) is 6.20 Å². The molecular weight excluding hydrogens is 338 g/mol. The predicted octanol–water partition coefficient (Wildman–Crippen LogP) is 2.67. The van der Waals surface area contributed by atoms with E-state index in [-0.39, 0.29) is 0 Å². The molecule has 1 heterocycles. The number of aliphatic imine (C=N–C) groups is 1. The van der Waals surface area contributed by atoms with Crippen molar-refractivity contribution in [1.82, 2.24) is 20.4 Å². The molecule has 6 heteroatoms. The Hall–Kier alpha value is -2.34. The molecule has 1 aliphatic rings. The molecule has 0 unspecified atom stereocenters. The molecule has 6 nitrogen and oxygen atoms in total. The Bertz CT molecular complexity index is 703. The van der Waals surface area contributed by atoms with Gasteiger partial charge in [-0.1, -0.05) is 31.4 Å². The number of guanidine groups is 1. The molecule has 0 radical (unpaired) electrons. The molecule has 0 amide bonds. The lowest BCUT2D eigenvalue weighted by atomic mass is 9.85. The van der Waals surface area contributed by atoms with Crippen LogP contribution in [0.2, 0.25) is 0 Å². The van der Waals surface area contributed by atoms with Crippen LogP contribution < -0.4 is 10.6 Å². The third-order valence-corrected chi connectivity index (χ3v) is 5.07. The van der Waals surface area contributed by atoms with Crippen molar-refractivity contribution in [3.63, 3.8) is 0 Å². The molecule has 0 atom stereocenters. The average molecular weight is 370 g/mol. The van der Waals surface area contributed by atoms with Crippen LogP contribution in [-0.2, 0) is 6.42 Å². The Morgan fingerprint density at radius 3 is 2.63 bits per heavy atom. The van der Waals surface area contributed by atoms with E-state index in [2.05, 4.69) is 51.9 Å². The summed E-state index contributed by atoms with van der Waals surface area (Å²) in [6.07, 6.45) is 9.78. The third-order valence-electron chi connectivity index (χ3n) is 5.07. The fourth-order valence-corrected chi connectivity index (χ4v) is 3.50. The van der Waals surface area contributed by atoms with Crippen molar-refractivity contribution in [2.75, 3.05) is 19.6 Å². The first-order valence-corrected chi connectivity index (χ1v) is 10.0. The van der Waals surface area contributed by atoms with Crippen LogP contribution in [0.15, 0.2) is 47.7 Å². The SMILES string of the molecule is CCNC(=NCC1(O)CCCCC1)NCCc1ccc(-n2cccn2)cc1. The lowest BCUT2D eigenvalue weighted by Gasteiger charge is -2.30. The van der Waals surface area contributed by atoms with E-state index in [4.69, 9.17) is 0 Å². The second-order valence-electron chi connectivity index (χ2n) is 7.27. The summed E-state index contributed by atoms with van der Waals surface area (Å²) >= 11 is 0. The van der Waals surface area contributed by atoms with Gasteiger partial charge in [0.2, 0.25) is 0 Å². The van der Waals surface area contributed by atoms with Crippen molar-refractivity contribution in [3.05, 3.63) is 48.3 Å². The van der Waals surface area contributed by atoms with Crippen molar-refractivity contribution in [3.8, 4) is 5.69 Å². The Morgan fingerprint density at radius 1 is 1.19 bits per heavy atom. The number of nitrogens with one attached hydrogen (secondary N) is 2. The highest BCUT2D eigenvalue weighted by atomic mass is 16.3. The molecule has 1 aromatic carbocycles. The van der Waals surface area contributed by atoms with Crippen LogP contribution in [0, 0.1) is 0 Å². The van der Waals surface area contributed by atoms with Crippen LogP contribution in [0.4, 0.5) is 0 Å². The largest absolute Gasteiger partial charge is 0.388 e. The molecule has 1 aliphatic carbocycles. The quantitative estimate of drug-likeness (QED) is 0.518. The fourth-order valence-electron chi connectivity index (χ4n) is 3.50. The predicted molar refractivity (Wildman–Crippen MR) is 109 cm³/mol. The highest BCUT2D eigenvalue weighted by molar-refractivity contribution is 5.79. The third kappa shape index (κ3) is 5.82. The number of hydrogen-bond acceptors (Lipinski definition) is 3. The first kappa shape index (κ1) is 19.4. The van der Waals surface area contributed by atoms with Gasteiger partial charge in [0.05, 0.1) is 17.8 Å². The summed E-state index contributed by atoms with van der Waals surface area (Å²) < 4.78 is 1.86. The molecule has 2 aromatic rings. The maximum atomic E-state index is 10.6. The Kier molecular flexibility index (Phi) is 6.87. The molecular formula is C21H31N5O. The molecule has 0 bridgehead atoms. The molecule has 0 saturated heterocycles. The molecule has 1 aromatic heterocycles. The van der Waals surface area contributed by atoms with Crippen molar-refractivity contribution in [1.29, 1.82) is 0 Å². The molecule has 1 saturated carbocycles. The van der Waals surface area contributed by atoms with E-state index < -0.39 is 5.60 Å². The zero-order chi connectivity index (χ0) is 19.0. The Balaban J connectivity index is 1.49. The van der Waals surface area contributed by atoms with E-state index in [9.17, 15) is 5.11 Å². The van der Waals surface area contributed by atoms with Crippen LogP contribution in [0.25, 0.3) is 5.69 Å². The number of benzene rings is 1. The van der Waals surface area contributed by atoms with E-state index in [0.717, 1.165) is 56.8 Å². The van der Waals surface area contributed by atoms with Crippen molar-refractivity contribution in [2.45, 2.75) is 51.0 Å². The zero-order valence-electron chi connectivity index (χ0n) is 16.2. The van der Waals surface area contributed by atoms with Crippen LogP contribution in [0.3, 0.4) is 0 Å². The number of rotatable bonds is 7. The number of aromatic nitrogens is 2. The average Bonchev–Trinajstić information content (AvgIpc) is 3.22. The number of hydrogen-bond donors (Lipinski definition) is 3. The minimum atomic E-state index is -0.622. The fraction of sp³-hybridized carbons (Fsp3) is 0.524. The van der Waals surface area contributed by atoms with E-state index in [1.165, 1.54) is 12.0 Å². The molecule has 3 N–H and O–H groups in total. The van der Waals surface area contributed by atoms with Gasteiger partial charge in [-0.3, -0.25) is 4.99 Å². The first-order chi connectivity index (χ1) is 13.2. The van der Waals surface area contributed by atoms with Crippen LogP contribution >= 0.6 is 0 Å². The van der Waals surface area contributed by atoms with E-state index >= 15 is 0 Å². The highest BCUT2D eigenvalue weighted by Crippen LogP contribution is 2.28. The molecule has 1 fully saturated rings. The summed E-state index contributed by atoms with van der Waals surface area (Å²) in [4.78, 5) is 4.62. The van der Waals surface area contributed by atoms with Gasteiger partial charge >= 0.3 is 0 Å². The van der Waals surface area contributed by atoms with Crippen molar-refractivity contribution in [2.24, 2.45) is 4.99 Å². The molecule has 27 heavy (non-hydrogen) atoms. The highest BCUT2D eigenvalue weighted by Gasteiger charge is 2.28. The van der Waals surface area contributed by atoms with Gasteiger partial charge in [0.1, 0.15) is 0 Å². The minimum absolute atomic E-state index is 0.473. The molecule has 0 aliphatic heterocycles. The van der Waals surface area contributed by atoms with Crippen LogP contribution in [-0.4, -0.2) is 46.1 Å². The van der Waals surface area contributed by atoms with Gasteiger partial charge in [0.15, 0.2) is 5.96 Å². The topological polar surface area (TPSA) is 74.5 Å². The zero-order valence-corrected chi connectivity index (χ0v) is 16.2. The first-order valence-electron chi connectivity index (χ1n) is 10.0. The molecule has 146 valence electrons. The lowest BCUT2D eigenvalue weighted by Crippen LogP contribution is -2.41. The van der Waals surface area contributed by atoms with Gasteiger partial charge < -0.3 is 15.7 Å². The smallest absolute Gasteiger partial charge is 0.191 e. The summed E-state index contributed by atoms with van der Waals surface area (Å²) in [6.45, 7) is 4.13. The minimum Gasteiger partial charge on any atom is -0.388 e. The lowest BCUT2D eigenvalue weighted by molar-refractivity contribution is 0.0131. The van der Waals surface area contributed by atoms with E-state index in [1.807, 2.05) is 16.9 Å². The summed E-state index contributed by atoms with van der Waals surface area (Å²) in [5, 5.41) is 21.5. The second-order valence-corrected chi connectivity index (χ2v) is 7.27. The monoisotopic (exact) mass is 369 g/mol. The maximum Gasteiger partial charge on any atom is 0.191 e. The number of aliphatic hydroxyl groups is 1. The van der Waals surface area contributed by atoms with E-state index in [0.29, 0.717) is 6.54 Å². The van der Waals surface area contributed by atoms with Crippen LogP contribution in [0.1, 0.15) is 44.6 Å². The van der Waals surface area contributed by atoms with Gasteiger partial charge in [0, 0.05) is 25.5 Å². The summed E-state index contributed by atoms with van der Waals surface area (Å²) in [5.74, 6) is 0.782. The Labute approximate surface area is 161 Å². The van der Waals surface area contributed by atoms with Crippen molar-refractivity contribution >= 4 is 5.96 Å². The summed E-state index contributed by atoms with van der Waals surface area (Å²) in [7, 11) is 0. The van der Waals surface area contributed by atoms with Crippen molar-refractivity contribution < 1.29 is 5.11 Å².